The van der Waals surface area contributed by atoms with Gasteiger partial charge in [0.15, 0.2) is 6.39 Å². The summed E-state index contributed by atoms with van der Waals surface area (Å²) in [6, 6.07) is 7.51. The monoisotopic (exact) mass is 274 g/mol. The van der Waals surface area contributed by atoms with Crippen molar-refractivity contribution in [1.82, 2.24) is 14.8 Å². The molecule has 3 aromatic rings. The van der Waals surface area contributed by atoms with E-state index in [-0.39, 0.29) is 0 Å². The van der Waals surface area contributed by atoms with Gasteiger partial charge >= 0.3 is 0 Å². The number of halogens is 1. The van der Waals surface area contributed by atoms with Crippen molar-refractivity contribution in [3.05, 3.63) is 60.0 Å². The van der Waals surface area contributed by atoms with Crippen LogP contribution in [0.2, 0.25) is 5.02 Å². The number of para-hydroxylation sites is 1. The van der Waals surface area contributed by atoms with Crippen molar-refractivity contribution < 1.29 is 4.42 Å². The first kappa shape index (κ1) is 11.8. The van der Waals surface area contributed by atoms with Gasteiger partial charge in [-0.15, -0.1) is 0 Å². The highest BCUT2D eigenvalue weighted by Gasteiger charge is 2.09. The molecule has 0 saturated heterocycles. The molecule has 3 rings (SSSR count). The molecule has 96 valence electrons. The molecule has 1 N–H and O–H groups in total. The van der Waals surface area contributed by atoms with Crippen LogP contribution in [-0.4, -0.2) is 14.8 Å². The number of hydrogen-bond acceptors (Lipinski definition) is 4. The van der Waals surface area contributed by atoms with E-state index in [1.165, 1.54) is 6.39 Å². The Balaban J connectivity index is 1.91. The Morgan fingerprint density at radius 1 is 1.32 bits per heavy atom. The van der Waals surface area contributed by atoms with Gasteiger partial charge in [0.2, 0.25) is 0 Å². The maximum Gasteiger partial charge on any atom is 0.180 e. The van der Waals surface area contributed by atoms with E-state index in [1.807, 2.05) is 30.5 Å². The first-order valence-corrected chi connectivity index (χ1v) is 6.12. The third kappa shape index (κ3) is 2.46. The molecular formula is C13H11ClN4O. The molecule has 2 aromatic heterocycles. The van der Waals surface area contributed by atoms with Gasteiger partial charge in [0.25, 0.3) is 0 Å². The van der Waals surface area contributed by atoms with Gasteiger partial charge < -0.3 is 9.73 Å². The zero-order chi connectivity index (χ0) is 13.1. The molecule has 2 heterocycles. The van der Waals surface area contributed by atoms with Gasteiger partial charge in [-0.1, -0.05) is 17.7 Å². The number of rotatable bonds is 4. The lowest BCUT2D eigenvalue weighted by Gasteiger charge is -2.12. The predicted octanol–water partition coefficient (Wildman–Crippen LogP) is 3.13. The van der Waals surface area contributed by atoms with Crippen LogP contribution in [0.3, 0.4) is 0 Å². The van der Waals surface area contributed by atoms with Crippen LogP contribution < -0.4 is 5.32 Å². The molecule has 19 heavy (non-hydrogen) atoms. The van der Waals surface area contributed by atoms with E-state index in [0.717, 1.165) is 17.1 Å². The third-order valence-corrected chi connectivity index (χ3v) is 2.96. The van der Waals surface area contributed by atoms with Crippen molar-refractivity contribution in [2.24, 2.45) is 0 Å². The average Bonchev–Trinajstić information content (AvgIpc) is 3.09. The van der Waals surface area contributed by atoms with Crippen LogP contribution in [0.15, 0.2) is 53.7 Å². The van der Waals surface area contributed by atoms with E-state index in [9.17, 15) is 0 Å². The molecule has 0 bridgehead atoms. The first-order chi connectivity index (χ1) is 9.34. The van der Waals surface area contributed by atoms with Crippen LogP contribution in [0.1, 0.15) is 5.76 Å². The Hall–Kier alpha value is -2.27. The minimum Gasteiger partial charge on any atom is -0.447 e. The predicted molar refractivity (Wildman–Crippen MR) is 72.4 cm³/mol. The lowest BCUT2D eigenvalue weighted by Crippen LogP contribution is -2.05. The van der Waals surface area contributed by atoms with Gasteiger partial charge in [0, 0.05) is 12.4 Å². The topological polar surface area (TPSA) is 55.9 Å². The van der Waals surface area contributed by atoms with Crippen LogP contribution >= 0.6 is 11.6 Å². The quantitative estimate of drug-likeness (QED) is 0.794. The summed E-state index contributed by atoms with van der Waals surface area (Å²) in [6.45, 7) is 0.536. The highest BCUT2D eigenvalue weighted by Crippen LogP contribution is 2.28. The standard InChI is InChI=1S/C13H11ClN4O/c14-11-3-1-4-12(13(11)18-6-2-5-17-18)16-8-10-7-15-9-19-10/h1-7,9,16H,8H2. The molecule has 0 atom stereocenters. The summed E-state index contributed by atoms with van der Waals surface area (Å²) in [6.07, 6.45) is 6.64. The van der Waals surface area contributed by atoms with E-state index < -0.39 is 0 Å². The number of hydrogen-bond donors (Lipinski definition) is 1. The Morgan fingerprint density at radius 3 is 3.00 bits per heavy atom. The van der Waals surface area contributed by atoms with Crippen molar-refractivity contribution >= 4 is 17.3 Å². The molecule has 0 unspecified atom stereocenters. The van der Waals surface area contributed by atoms with Gasteiger partial charge in [-0.2, -0.15) is 5.10 Å². The lowest BCUT2D eigenvalue weighted by molar-refractivity contribution is 0.511. The molecule has 0 amide bonds. The number of aromatic nitrogens is 3. The maximum absolute atomic E-state index is 6.24. The van der Waals surface area contributed by atoms with E-state index in [2.05, 4.69) is 15.4 Å². The summed E-state index contributed by atoms with van der Waals surface area (Å²) in [7, 11) is 0. The molecule has 0 aliphatic heterocycles. The molecule has 6 heteroatoms. The van der Waals surface area contributed by atoms with Crippen molar-refractivity contribution in [2.45, 2.75) is 6.54 Å². The van der Waals surface area contributed by atoms with Gasteiger partial charge in [-0.25, -0.2) is 9.67 Å². The Bertz CT molecular complexity index is 649. The number of oxazole rings is 1. The Kier molecular flexibility index (Phi) is 3.20. The zero-order valence-electron chi connectivity index (χ0n) is 9.95. The van der Waals surface area contributed by atoms with Crippen LogP contribution in [0.4, 0.5) is 5.69 Å². The summed E-state index contributed by atoms with van der Waals surface area (Å²) in [5.74, 6) is 0.756. The average molecular weight is 275 g/mol. The minimum absolute atomic E-state index is 0.536. The Morgan fingerprint density at radius 2 is 2.26 bits per heavy atom. The molecule has 0 saturated carbocycles. The van der Waals surface area contributed by atoms with Gasteiger partial charge in [-0.3, -0.25) is 0 Å². The Labute approximate surface area is 114 Å². The normalized spacial score (nSPS) is 10.6. The van der Waals surface area contributed by atoms with Crippen LogP contribution in [0.5, 0.6) is 0 Å². The van der Waals surface area contributed by atoms with Crippen LogP contribution in [-0.2, 0) is 6.54 Å². The molecule has 5 nitrogen and oxygen atoms in total. The van der Waals surface area contributed by atoms with Gasteiger partial charge in [-0.05, 0) is 18.2 Å². The fraction of sp³-hybridized carbons (Fsp3) is 0.0769. The highest BCUT2D eigenvalue weighted by atomic mass is 35.5. The summed E-state index contributed by atoms with van der Waals surface area (Å²) in [5, 5.41) is 8.11. The molecule has 0 spiro atoms. The second-order valence-corrected chi connectivity index (χ2v) is 4.32. The first-order valence-electron chi connectivity index (χ1n) is 5.74. The fourth-order valence-electron chi connectivity index (χ4n) is 1.80. The third-order valence-electron chi connectivity index (χ3n) is 2.66. The molecule has 0 aliphatic carbocycles. The van der Waals surface area contributed by atoms with Gasteiger partial charge in [0.1, 0.15) is 11.4 Å². The maximum atomic E-state index is 6.24. The van der Waals surface area contributed by atoms with E-state index in [0.29, 0.717) is 11.6 Å². The zero-order valence-corrected chi connectivity index (χ0v) is 10.7. The summed E-state index contributed by atoms with van der Waals surface area (Å²) >= 11 is 6.24. The van der Waals surface area contributed by atoms with Gasteiger partial charge in [0.05, 0.1) is 23.5 Å². The van der Waals surface area contributed by atoms with E-state index >= 15 is 0 Å². The molecule has 1 aromatic carbocycles. The molecule has 0 radical (unpaired) electrons. The summed E-state index contributed by atoms with van der Waals surface area (Å²) in [4.78, 5) is 3.87. The number of nitrogens with zero attached hydrogens (tertiary/aromatic N) is 3. The summed E-state index contributed by atoms with van der Waals surface area (Å²) in [5.41, 5.74) is 1.70. The number of benzene rings is 1. The lowest BCUT2D eigenvalue weighted by atomic mass is 10.2. The highest BCUT2D eigenvalue weighted by molar-refractivity contribution is 6.33. The van der Waals surface area contributed by atoms with Crippen molar-refractivity contribution in [2.75, 3.05) is 5.32 Å². The molecule has 0 aliphatic rings. The van der Waals surface area contributed by atoms with Crippen molar-refractivity contribution in [1.29, 1.82) is 0 Å². The second-order valence-electron chi connectivity index (χ2n) is 3.91. The second kappa shape index (κ2) is 5.16. The van der Waals surface area contributed by atoms with Crippen LogP contribution in [0.25, 0.3) is 5.69 Å². The van der Waals surface area contributed by atoms with Crippen molar-refractivity contribution in [3.8, 4) is 5.69 Å². The molecule has 0 fully saturated rings. The summed E-state index contributed by atoms with van der Waals surface area (Å²) < 4.78 is 6.91. The van der Waals surface area contributed by atoms with E-state index in [4.69, 9.17) is 16.0 Å². The van der Waals surface area contributed by atoms with Crippen molar-refractivity contribution in [3.63, 3.8) is 0 Å². The fourth-order valence-corrected chi connectivity index (χ4v) is 2.06. The SMILES string of the molecule is Clc1cccc(NCc2cnco2)c1-n1cccn1. The number of anilines is 1. The number of nitrogens with one attached hydrogen (secondary N) is 1. The van der Waals surface area contributed by atoms with Crippen LogP contribution in [0, 0.1) is 0 Å². The molecular weight excluding hydrogens is 264 g/mol. The minimum atomic E-state index is 0.536. The smallest absolute Gasteiger partial charge is 0.180 e. The van der Waals surface area contributed by atoms with E-state index in [1.54, 1.807) is 17.1 Å². The largest absolute Gasteiger partial charge is 0.447 e.